The second kappa shape index (κ2) is 6.79. The van der Waals surface area contributed by atoms with E-state index >= 15 is 0 Å². The van der Waals surface area contributed by atoms with E-state index in [-0.39, 0.29) is 11.9 Å². The number of benzene rings is 1. The van der Waals surface area contributed by atoms with Crippen LogP contribution >= 0.6 is 0 Å². The van der Waals surface area contributed by atoms with Gasteiger partial charge >= 0.3 is 0 Å². The molecule has 0 fully saturated rings. The van der Waals surface area contributed by atoms with Crippen LogP contribution in [0.1, 0.15) is 18.1 Å². The molecule has 1 aliphatic heterocycles. The van der Waals surface area contributed by atoms with Gasteiger partial charge in [0.25, 0.3) is 0 Å². The molecule has 1 aromatic carbocycles. The van der Waals surface area contributed by atoms with E-state index < -0.39 is 0 Å². The zero-order valence-corrected chi connectivity index (χ0v) is 13.5. The van der Waals surface area contributed by atoms with Gasteiger partial charge in [-0.05, 0) is 36.6 Å². The first-order valence-corrected chi connectivity index (χ1v) is 7.79. The highest BCUT2D eigenvalue weighted by atomic mass is 16.5. The number of methoxy groups -OCH3 is 1. The predicted octanol–water partition coefficient (Wildman–Crippen LogP) is 2.48. The van der Waals surface area contributed by atoms with Crippen LogP contribution in [0.15, 0.2) is 42.6 Å². The monoisotopic (exact) mass is 311 g/mol. The average molecular weight is 311 g/mol. The van der Waals surface area contributed by atoms with Gasteiger partial charge in [0.05, 0.1) is 13.2 Å². The van der Waals surface area contributed by atoms with E-state index in [2.05, 4.69) is 33.4 Å². The van der Waals surface area contributed by atoms with E-state index in [1.165, 1.54) is 11.1 Å². The molecular weight excluding hydrogens is 290 g/mol. The molecule has 1 aliphatic rings. The number of carbonyl (C=O) groups excluding carboxylic acids is 1. The largest absolute Gasteiger partial charge is 0.493 e. The molecule has 0 saturated carbocycles. The molecule has 1 atom stereocenters. The number of hydrogen-bond acceptors (Lipinski definition) is 4. The second-order valence-electron chi connectivity index (χ2n) is 5.71. The highest BCUT2D eigenvalue weighted by Gasteiger charge is 2.25. The molecule has 1 amide bonds. The Bertz CT molecular complexity index is 702. The number of rotatable bonds is 4. The summed E-state index contributed by atoms with van der Waals surface area (Å²) in [7, 11) is 1.57. The smallest absolute Gasteiger partial charge is 0.242 e. The topological polar surface area (TPSA) is 54.5 Å². The number of ether oxygens (including phenoxy) is 1. The summed E-state index contributed by atoms with van der Waals surface area (Å²) in [5.74, 6) is 0.961. The van der Waals surface area contributed by atoms with Crippen LogP contribution in [0.25, 0.3) is 0 Å². The van der Waals surface area contributed by atoms with Crippen LogP contribution in [0.3, 0.4) is 0 Å². The lowest BCUT2D eigenvalue weighted by Crippen LogP contribution is -2.44. The van der Waals surface area contributed by atoms with Crippen molar-refractivity contribution in [2.45, 2.75) is 25.9 Å². The summed E-state index contributed by atoms with van der Waals surface area (Å²) >= 11 is 0. The number of amides is 1. The Hall–Kier alpha value is -2.40. The van der Waals surface area contributed by atoms with Crippen molar-refractivity contribution in [2.75, 3.05) is 19.0 Å². The lowest BCUT2D eigenvalue weighted by molar-refractivity contribution is -0.121. The van der Waals surface area contributed by atoms with Gasteiger partial charge in [-0.1, -0.05) is 24.3 Å². The zero-order chi connectivity index (χ0) is 16.2. The number of pyridine rings is 1. The van der Waals surface area contributed by atoms with Crippen LogP contribution in [0.2, 0.25) is 0 Å². The minimum Gasteiger partial charge on any atom is -0.493 e. The van der Waals surface area contributed by atoms with Crippen molar-refractivity contribution >= 4 is 11.7 Å². The highest BCUT2D eigenvalue weighted by molar-refractivity contribution is 5.94. The summed E-state index contributed by atoms with van der Waals surface area (Å²) < 4.78 is 5.23. The van der Waals surface area contributed by atoms with Crippen molar-refractivity contribution in [3.05, 3.63) is 53.7 Å². The lowest BCUT2D eigenvalue weighted by atomic mass is 9.99. The molecule has 23 heavy (non-hydrogen) atoms. The zero-order valence-electron chi connectivity index (χ0n) is 13.5. The number of anilines is 1. The fraction of sp³-hybridized carbons (Fsp3) is 0.333. The first kappa shape index (κ1) is 15.5. The quantitative estimate of drug-likeness (QED) is 0.942. The number of carbonyl (C=O) groups is 1. The molecule has 5 heteroatoms. The molecule has 0 saturated heterocycles. The second-order valence-corrected chi connectivity index (χ2v) is 5.71. The molecule has 3 rings (SSSR count). The summed E-state index contributed by atoms with van der Waals surface area (Å²) in [5, 5.41) is 2.87. The molecule has 1 aromatic heterocycles. The van der Waals surface area contributed by atoms with E-state index in [9.17, 15) is 4.79 Å². The average Bonchev–Trinajstić information content (AvgIpc) is 2.61. The fourth-order valence-electron chi connectivity index (χ4n) is 2.88. The maximum Gasteiger partial charge on any atom is 0.242 e. The Kier molecular flexibility index (Phi) is 4.57. The SMILES string of the molecule is COc1cccnc1NC(=O)C(C)N1CCc2ccccc2C1. The van der Waals surface area contributed by atoms with E-state index in [0.717, 1.165) is 19.5 Å². The maximum atomic E-state index is 12.5. The molecule has 0 radical (unpaired) electrons. The Morgan fingerprint density at radius 1 is 1.26 bits per heavy atom. The Morgan fingerprint density at radius 3 is 2.83 bits per heavy atom. The Balaban J connectivity index is 1.69. The molecule has 5 nitrogen and oxygen atoms in total. The summed E-state index contributed by atoms with van der Waals surface area (Å²) in [6.07, 6.45) is 2.61. The van der Waals surface area contributed by atoms with Gasteiger partial charge in [-0.15, -0.1) is 0 Å². The summed E-state index contributed by atoms with van der Waals surface area (Å²) in [4.78, 5) is 18.9. The number of nitrogens with one attached hydrogen (secondary N) is 1. The normalized spacial score (nSPS) is 15.6. The van der Waals surface area contributed by atoms with Crippen molar-refractivity contribution in [3.63, 3.8) is 0 Å². The molecule has 2 heterocycles. The number of aromatic nitrogens is 1. The van der Waals surface area contributed by atoms with Crippen LogP contribution in [0, 0.1) is 0 Å². The van der Waals surface area contributed by atoms with Crippen molar-refractivity contribution in [2.24, 2.45) is 0 Å². The first-order valence-electron chi connectivity index (χ1n) is 7.79. The molecule has 2 aromatic rings. The van der Waals surface area contributed by atoms with Crippen molar-refractivity contribution < 1.29 is 9.53 Å². The molecular formula is C18H21N3O2. The van der Waals surface area contributed by atoms with Crippen LogP contribution in [-0.2, 0) is 17.8 Å². The summed E-state index contributed by atoms with van der Waals surface area (Å²) in [5.41, 5.74) is 2.68. The van der Waals surface area contributed by atoms with E-state index in [1.807, 2.05) is 13.0 Å². The number of fused-ring (bicyclic) bond motifs is 1. The highest BCUT2D eigenvalue weighted by Crippen LogP contribution is 2.23. The minimum atomic E-state index is -0.227. The van der Waals surface area contributed by atoms with Gasteiger partial charge in [0, 0.05) is 19.3 Å². The first-order chi connectivity index (χ1) is 11.2. The van der Waals surface area contributed by atoms with Gasteiger partial charge < -0.3 is 10.1 Å². The third-order valence-corrected chi connectivity index (χ3v) is 4.32. The van der Waals surface area contributed by atoms with Crippen molar-refractivity contribution in [3.8, 4) is 5.75 Å². The van der Waals surface area contributed by atoms with Crippen molar-refractivity contribution in [1.82, 2.24) is 9.88 Å². The van der Waals surface area contributed by atoms with Gasteiger partial charge in [-0.3, -0.25) is 9.69 Å². The number of nitrogens with zero attached hydrogens (tertiary/aromatic N) is 2. The van der Waals surface area contributed by atoms with E-state index in [4.69, 9.17) is 4.74 Å². The summed E-state index contributed by atoms with van der Waals surface area (Å²) in [6.45, 7) is 3.60. The van der Waals surface area contributed by atoms with Crippen LogP contribution in [0.5, 0.6) is 5.75 Å². The molecule has 0 spiro atoms. The minimum absolute atomic E-state index is 0.0682. The maximum absolute atomic E-state index is 12.5. The standard InChI is InChI=1S/C18H21N3O2/c1-13(18(22)20-17-16(23-2)8-5-10-19-17)21-11-9-14-6-3-4-7-15(14)12-21/h3-8,10,13H,9,11-12H2,1-2H3,(H,19,20,22). The molecule has 120 valence electrons. The van der Waals surface area contributed by atoms with Gasteiger partial charge in [0.2, 0.25) is 5.91 Å². The number of hydrogen-bond donors (Lipinski definition) is 1. The van der Waals surface area contributed by atoms with Crippen LogP contribution in [-0.4, -0.2) is 35.5 Å². The third-order valence-electron chi connectivity index (χ3n) is 4.32. The predicted molar refractivity (Wildman–Crippen MR) is 89.4 cm³/mol. The van der Waals surface area contributed by atoms with E-state index in [0.29, 0.717) is 11.6 Å². The Morgan fingerprint density at radius 2 is 2.04 bits per heavy atom. The third kappa shape index (κ3) is 3.35. The molecule has 1 unspecified atom stereocenters. The van der Waals surface area contributed by atoms with Gasteiger partial charge in [-0.25, -0.2) is 4.98 Å². The Labute approximate surface area is 136 Å². The molecule has 0 aliphatic carbocycles. The van der Waals surface area contributed by atoms with Crippen molar-refractivity contribution in [1.29, 1.82) is 0 Å². The molecule has 1 N–H and O–H groups in total. The molecule has 0 bridgehead atoms. The lowest BCUT2D eigenvalue weighted by Gasteiger charge is -2.32. The van der Waals surface area contributed by atoms with Gasteiger partial charge in [0.1, 0.15) is 0 Å². The fourth-order valence-corrected chi connectivity index (χ4v) is 2.88. The summed E-state index contributed by atoms with van der Waals surface area (Å²) in [6, 6.07) is 11.7. The van der Waals surface area contributed by atoms with E-state index in [1.54, 1.807) is 25.4 Å². The van der Waals surface area contributed by atoms with Crippen LogP contribution in [0.4, 0.5) is 5.82 Å². The van der Waals surface area contributed by atoms with Gasteiger partial charge in [0.15, 0.2) is 11.6 Å². The van der Waals surface area contributed by atoms with Crippen LogP contribution < -0.4 is 10.1 Å². The van der Waals surface area contributed by atoms with Gasteiger partial charge in [-0.2, -0.15) is 0 Å².